The lowest BCUT2D eigenvalue weighted by atomic mass is 10.0. The second-order valence-electron chi connectivity index (χ2n) is 13.8. The number of aromatic nitrogens is 2. The number of rotatable bonds is 13. The van der Waals surface area contributed by atoms with Gasteiger partial charge in [-0.25, -0.2) is 0 Å². The average molecular weight is 847 g/mol. The van der Waals surface area contributed by atoms with Gasteiger partial charge in [-0.1, -0.05) is 63.5 Å². The second-order valence-corrected chi connectivity index (χ2v) is 13.8. The number of anilines is 2. The van der Waals surface area contributed by atoms with Crippen LogP contribution in [0.25, 0.3) is 21.8 Å². The molecule has 6 rings (SSSR count). The molecule has 0 atom stereocenters. The summed E-state index contributed by atoms with van der Waals surface area (Å²) >= 11 is 0. The van der Waals surface area contributed by atoms with Crippen molar-refractivity contribution in [1.29, 1.82) is 0 Å². The van der Waals surface area contributed by atoms with E-state index in [-0.39, 0.29) is 48.0 Å². The molecule has 2 aliphatic carbocycles. The van der Waals surface area contributed by atoms with Crippen molar-refractivity contribution in [3.8, 4) is 0 Å². The Morgan fingerprint density at radius 2 is 0.826 bits per heavy atom. The first-order chi connectivity index (χ1) is 21.7. The Balaban J connectivity index is 0.00000240. The fourth-order valence-electron chi connectivity index (χ4n) is 8.14. The summed E-state index contributed by atoms with van der Waals surface area (Å²) in [6.45, 7) is 2.27. The Labute approximate surface area is 312 Å². The minimum atomic E-state index is 0. The zero-order valence-electron chi connectivity index (χ0n) is 28.0. The Kier molecular flexibility index (Phi) is 15.1. The Morgan fingerprint density at radius 3 is 1.24 bits per heavy atom. The molecule has 0 aliphatic heterocycles. The zero-order chi connectivity index (χ0) is 30.1. The van der Waals surface area contributed by atoms with Gasteiger partial charge in [-0.15, -0.1) is 0 Å². The summed E-state index contributed by atoms with van der Waals surface area (Å²) in [7, 11) is 0. The summed E-state index contributed by atoms with van der Waals surface area (Å²) < 4.78 is 5.27. The van der Waals surface area contributed by atoms with Gasteiger partial charge in [0.25, 0.3) is 0 Å². The highest BCUT2D eigenvalue weighted by Crippen LogP contribution is 2.27. The van der Waals surface area contributed by atoms with Crippen molar-refractivity contribution in [2.24, 2.45) is 0 Å². The van der Waals surface area contributed by atoms with E-state index in [1.807, 2.05) is 0 Å². The predicted octanol–water partition coefficient (Wildman–Crippen LogP) is 2.88. The number of nitrogens with two attached hydrogens (primary N) is 2. The van der Waals surface area contributed by atoms with Crippen molar-refractivity contribution < 1.29 is 57.1 Å². The third-order valence-electron chi connectivity index (χ3n) is 10.6. The third-order valence-corrected chi connectivity index (χ3v) is 10.6. The second kappa shape index (κ2) is 18.8. The number of hydrogen-bond acceptors (Lipinski definition) is 2. The molecule has 2 aromatic carbocycles. The van der Waals surface area contributed by atoms with Crippen LogP contribution < -0.4 is 68.6 Å². The zero-order valence-corrected chi connectivity index (χ0v) is 32.3. The number of nitrogens with zero attached hydrogens (tertiary/aromatic N) is 2. The van der Waals surface area contributed by atoms with Crippen molar-refractivity contribution in [2.75, 3.05) is 11.5 Å². The summed E-state index contributed by atoms with van der Waals surface area (Å²) in [5, 5.41) is 2.51. The molecule has 4 N–H and O–H groups in total. The van der Waals surface area contributed by atoms with E-state index < -0.39 is 0 Å². The van der Waals surface area contributed by atoms with Crippen LogP contribution in [0.5, 0.6) is 0 Å². The number of aryl methyl sites for hydroxylation is 4. The van der Waals surface area contributed by atoms with E-state index in [1.54, 1.807) is 22.5 Å². The lowest BCUT2D eigenvalue weighted by Crippen LogP contribution is -3.00. The van der Waals surface area contributed by atoms with Gasteiger partial charge in [0, 0.05) is 60.3 Å². The van der Waals surface area contributed by atoms with Crippen LogP contribution in [0.1, 0.15) is 125 Å². The molecule has 2 aliphatic rings. The van der Waals surface area contributed by atoms with Gasteiger partial charge in [0.1, 0.15) is 13.1 Å². The first kappa shape index (κ1) is 37.1. The summed E-state index contributed by atoms with van der Waals surface area (Å²) in [6.07, 6.45) is 26.3. The summed E-state index contributed by atoms with van der Waals surface area (Å²) in [4.78, 5) is 0. The summed E-state index contributed by atoms with van der Waals surface area (Å²) in [6, 6.07) is 17.7. The number of nitrogen functional groups attached to an aromatic ring is 2. The molecule has 0 spiro atoms. The van der Waals surface area contributed by atoms with Crippen molar-refractivity contribution in [3.05, 3.63) is 71.0 Å². The predicted molar refractivity (Wildman–Crippen MR) is 186 cm³/mol. The van der Waals surface area contributed by atoms with E-state index in [4.69, 9.17) is 11.5 Å². The van der Waals surface area contributed by atoms with Gasteiger partial charge in [0.05, 0.1) is 10.8 Å². The minimum absolute atomic E-state index is 0. The van der Waals surface area contributed by atoms with Crippen LogP contribution >= 0.6 is 0 Å². The molecule has 0 bridgehead atoms. The van der Waals surface area contributed by atoms with Crippen LogP contribution in [0.15, 0.2) is 48.5 Å². The Bertz CT molecular complexity index is 1450. The quantitative estimate of drug-likeness (QED) is 0.0717. The van der Waals surface area contributed by atoms with E-state index in [1.165, 1.54) is 150 Å². The average Bonchev–Trinajstić information content (AvgIpc) is 3.42. The van der Waals surface area contributed by atoms with Crippen LogP contribution in [-0.2, 0) is 38.8 Å². The molecule has 4 nitrogen and oxygen atoms in total. The molecule has 0 fully saturated rings. The maximum Gasteiger partial charge on any atom is 0.214 e. The van der Waals surface area contributed by atoms with Gasteiger partial charge in [0.15, 0.2) is 11.4 Å². The van der Waals surface area contributed by atoms with Gasteiger partial charge in [-0.3, -0.25) is 0 Å². The third kappa shape index (κ3) is 9.06. The van der Waals surface area contributed by atoms with Crippen molar-refractivity contribution >= 4 is 33.2 Å². The summed E-state index contributed by atoms with van der Waals surface area (Å²) in [5.74, 6) is 0. The van der Waals surface area contributed by atoms with E-state index in [0.29, 0.717) is 0 Å². The van der Waals surface area contributed by atoms with Crippen molar-refractivity contribution in [2.45, 2.75) is 142 Å². The molecule has 0 radical (unpaired) electrons. The number of hydrogen-bond donors (Lipinski definition) is 2. The van der Waals surface area contributed by atoms with Gasteiger partial charge < -0.3 is 59.4 Å². The molecule has 2 heterocycles. The van der Waals surface area contributed by atoms with Gasteiger partial charge in [-0.05, 0) is 75.6 Å². The molecular formula is C40H56I2N4. The molecule has 250 valence electrons. The number of fused-ring (bicyclic) bond motifs is 4. The van der Waals surface area contributed by atoms with Crippen LogP contribution in [0.2, 0.25) is 0 Å². The molecule has 6 heteroatoms. The normalized spacial score (nSPS) is 14.5. The van der Waals surface area contributed by atoms with Crippen LogP contribution in [0.4, 0.5) is 11.4 Å². The largest absolute Gasteiger partial charge is 1.00 e. The Morgan fingerprint density at radius 1 is 0.457 bits per heavy atom. The highest BCUT2D eigenvalue weighted by atomic mass is 127. The van der Waals surface area contributed by atoms with E-state index in [0.717, 1.165) is 24.5 Å². The number of pyridine rings is 2. The number of unbranched alkanes of at least 4 members (excludes halogenated alkanes) is 9. The SMILES string of the molecule is Nc1cccc2c1cc1c([n+]2CCCCCCCCCCCC[n+]2c3c(cc4c(N)cccc42)CCCCC3)CCCCC1.[I-].[I-]. The molecular weight excluding hydrogens is 790 g/mol. The molecule has 0 amide bonds. The topological polar surface area (TPSA) is 59.8 Å². The van der Waals surface area contributed by atoms with Crippen LogP contribution in [-0.4, -0.2) is 0 Å². The molecule has 0 saturated heterocycles. The maximum atomic E-state index is 6.42. The molecule has 0 unspecified atom stereocenters. The maximum absolute atomic E-state index is 6.42. The minimum Gasteiger partial charge on any atom is -1.00 e. The van der Waals surface area contributed by atoms with Crippen molar-refractivity contribution in [3.63, 3.8) is 0 Å². The smallest absolute Gasteiger partial charge is 0.214 e. The highest BCUT2D eigenvalue weighted by Gasteiger charge is 2.24. The number of halogens is 2. The first-order valence-electron chi connectivity index (χ1n) is 18.2. The lowest BCUT2D eigenvalue weighted by molar-refractivity contribution is -0.679. The molecule has 46 heavy (non-hydrogen) atoms. The lowest BCUT2D eigenvalue weighted by Gasteiger charge is -2.12. The summed E-state index contributed by atoms with van der Waals surface area (Å²) in [5.41, 5.74) is 23.6. The van der Waals surface area contributed by atoms with Gasteiger partial charge in [0.2, 0.25) is 11.0 Å². The monoisotopic (exact) mass is 846 g/mol. The van der Waals surface area contributed by atoms with Crippen molar-refractivity contribution in [1.82, 2.24) is 0 Å². The first-order valence-corrected chi connectivity index (χ1v) is 18.2. The molecule has 2 aromatic heterocycles. The van der Waals surface area contributed by atoms with Crippen LogP contribution in [0.3, 0.4) is 0 Å². The van der Waals surface area contributed by atoms with Crippen LogP contribution in [0, 0.1) is 0 Å². The Hall–Kier alpha value is -1.68. The van der Waals surface area contributed by atoms with E-state index >= 15 is 0 Å². The van der Waals surface area contributed by atoms with Gasteiger partial charge in [-0.2, -0.15) is 9.13 Å². The highest BCUT2D eigenvalue weighted by molar-refractivity contribution is 5.89. The fourth-order valence-corrected chi connectivity index (χ4v) is 8.14. The molecule has 4 aromatic rings. The molecule has 0 saturated carbocycles. The van der Waals surface area contributed by atoms with E-state index in [2.05, 4.69) is 57.7 Å². The van der Waals surface area contributed by atoms with E-state index in [9.17, 15) is 0 Å². The van der Waals surface area contributed by atoms with Gasteiger partial charge >= 0.3 is 0 Å². The standard InChI is InChI=1S/C40H54N4.2HI/c41-35-21-17-25-39-33(35)29-31-19-11-9-13-23-37(31)43(39)27-15-7-5-3-1-2-4-6-8-16-28-44-38-24-14-10-12-20-32(38)30-34-36(42)22-18-26-40(34)44;;/h17-18,21-22,25-26,29-30,41-42H,1-16,19-20,23-24,27-28H2;2*1H. The fraction of sp³-hybridized carbons (Fsp3) is 0.550. The number of benzene rings is 2.